The zero-order valence-corrected chi connectivity index (χ0v) is 12.7. The minimum absolute atomic E-state index is 0.0677. The zero-order chi connectivity index (χ0) is 16.0. The number of benzene rings is 1. The highest BCUT2D eigenvalue weighted by Crippen LogP contribution is 2.33. The summed E-state index contributed by atoms with van der Waals surface area (Å²) in [5, 5.41) is 0.277. The summed E-state index contributed by atoms with van der Waals surface area (Å²) < 4.78 is 9.69. The summed E-state index contributed by atoms with van der Waals surface area (Å²) in [6.45, 7) is 0.647. The second-order valence-corrected chi connectivity index (χ2v) is 4.59. The van der Waals surface area contributed by atoms with Gasteiger partial charge in [0.05, 0.1) is 22.7 Å². The summed E-state index contributed by atoms with van der Waals surface area (Å²) in [7, 11) is 1.39. The van der Waals surface area contributed by atoms with Gasteiger partial charge in [-0.05, 0) is 12.1 Å². The number of hydrogen-bond acceptors (Lipinski definition) is 5. The van der Waals surface area contributed by atoms with E-state index in [0.717, 1.165) is 0 Å². The molecule has 0 heterocycles. The predicted molar refractivity (Wildman–Crippen MR) is 75.3 cm³/mol. The van der Waals surface area contributed by atoms with Crippen molar-refractivity contribution in [2.75, 3.05) is 13.7 Å². The van der Waals surface area contributed by atoms with Crippen LogP contribution in [0.1, 0.15) is 17.3 Å². The van der Waals surface area contributed by atoms with Crippen LogP contribution >= 0.6 is 23.2 Å². The number of esters is 1. The van der Waals surface area contributed by atoms with Gasteiger partial charge in [-0.2, -0.15) is 0 Å². The predicted octanol–water partition coefficient (Wildman–Crippen LogP) is 1.33. The second kappa shape index (κ2) is 7.70. The Kier molecular flexibility index (Phi) is 6.26. The number of nitrogens with one attached hydrogen (secondary N) is 2. The number of carbonyl (C=O) groups excluding carboxylic acids is 3. The number of rotatable bonds is 4. The molecule has 0 spiro atoms. The first-order valence-corrected chi connectivity index (χ1v) is 6.36. The Morgan fingerprint density at radius 2 is 1.71 bits per heavy atom. The number of ether oxygens (including phenoxy) is 2. The van der Waals surface area contributed by atoms with E-state index in [2.05, 4.69) is 5.43 Å². The average molecular weight is 335 g/mol. The molecule has 1 aromatic rings. The standard InChI is InChI=1S/C12H12Cl2N2O5/c1-6(17)15-16-10(18)5-21-12(19)7-3-8(13)11(20-2)9(14)4-7/h3-4H,5H2,1-2H3,(H,15,17)(H,16,18). The van der Waals surface area contributed by atoms with Gasteiger partial charge in [-0.1, -0.05) is 23.2 Å². The minimum atomic E-state index is -0.792. The molecular weight excluding hydrogens is 323 g/mol. The number of hydrogen-bond donors (Lipinski definition) is 2. The van der Waals surface area contributed by atoms with Crippen molar-refractivity contribution in [1.29, 1.82) is 0 Å². The topological polar surface area (TPSA) is 93.7 Å². The van der Waals surface area contributed by atoms with Crippen LogP contribution in [0.15, 0.2) is 12.1 Å². The molecule has 0 saturated heterocycles. The van der Waals surface area contributed by atoms with Gasteiger partial charge >= 0.3 is 5.97 Å². The van der Waals surface area contributed by atoms with E-state index in [1.54, 1.807) is 0 Å². The van der Waals surface area contributed by atoms with Gasteiger partial charge in [-0.15, -0.1) is 0 Å². The van der Waals surface area contributed by atoms with E-state index in [9.17, 15) is 14.4 Å². The van der Waals surface area contributed by atoms with Crippen LogP contribution in [-0.4, -0.2) is 31.5 Å². The van der Waals surface area contributed by atoms with Crippen LogP contribution in [0.2, 0.25) is 10.0 Å². The van der Waals surface area contributed by atoms with Gasteiger partial charge in [-0.25, -0.2) is 4.79 Å². The average Bonchev–Trinajstić information content (AvgIpc) is 2.42. The molecule has 9 heteroatoms. The first-order chi connectivity index (χ1) is 9.85. The molecule has 0 aliphatic carbocycles. The van der Waals surface area contributed by atoms with Crippen molar-refractivity contribution in [3.05, 3.63) is 27.7 Å². The number of amides is 2. The molecule has 1 rings (SSSR count). The summed E-state index contributed by atoms with van der Waals surface area (Å²) in [6.07, 6.45) is 0. The summed E-state index contributed by atoms with van der Waals surface area (Å²) >= 11 is 11.8. The Labute approximate surface area is 130 Å². The first kappa shape index (κ1) is 17.1. The third kappa shape index (κ3) is 5.13. The largest absolute Gasteiger partial charge is 0.494 e. The van der Waals surface area contributed by atoms with E-state index in [1.165, 1.54) is 26.2 Å². The van der Waals surface area contributed by atoms with Crippen molar-refractivity contribution >= 4 is 41.0 Å². The lowest BCUT2D eigenvalue weighted by atomic mass is 10.2. The minimum Gasteiger partial charge on any atom is -0.494 e. The lowest BCUT2D eigenvalue weighted by Gasteiger charge is -2.09. The molecule has 7 nitrogen and oxygen atoms in total. The van der Waals surface area contributed by atoms with Crippen LogP contribution in [0.4, 0.5) is 0 Å². The second-order valence-electron chi connectivity index (χ2n) is 3.78. The SMILES string of the molecule is COc1c(Cl)cc(C(=O)OCC(=O)NNC(C)=O)cc1Cl. The highest BCUT2D eigenvalue weighted by Gasteiger charge is 2.15. The van der Waals surface area contributed by atoms with E-state index in [4.69, 9.17) is 32.7 Å². The number of carbonyl (C=O) groups is 3. The zero-order valence-electron chi connectivity index (χ0n) is 11.2. The fraction of sp³-hybridized carbons (Fsp3) is 0.250. The third-order valence-electron chi connectivity index (χ3n) is 2.15. The summed E-state index contributed by atoms with van der Waals surface area (Å²) in [6, 6.07) is 2.61. The van der Waals surface area contributed by atoms with E-state index in [0.29, 0.717) is 0 Å². The number of halogens is 2. The van der Waals surface area contributed by atoms with Crippen LogP contribution in [0.3, 0.4) is 0 Å². The third-order valence-corrected chi connectivity index (χ3v) is 2.71. The molecule has 0 radical (unpaired) electrons. The smallest absolute Gasteiger partial charge is 0.338 e. The van der Waals surface area contributed by atoms with Crippen LogP contribution in [0.5, 0.6) is 5.75 Å². The Morgan fingerprint density at radius 3 is 2.19 bits per heavy atom. The molecule has 21 heavy (non-hydrogen) atoms. The van der Waals surface area contributed by atoms with Crippen LogP contribution in [-0.2, 0) is 14.3 Å². The van der Waals surface area contributed by atoms with E-state index >= 15 is 0 Å². The molecule has 114 valence electrons. The van der Waals surface area contributed by atoms with E-state index in [1.807, 2.05) is 5.43 Å². The number of methoxy groups -OCH3 is 1. The van der Waals surface area contributed by atoms with Gasteiger partial charge < -0.3 is 9.47 Å². The van der Waals surface area contributed by atoms with Crippen molar-refractivity contribution in [3.8, 4) is 5.75 Å². The summed E-state index contributed by atoms with van der Waals surface area (Å²) in [5.41, 5.74) is 4.16. The lowest BCUT2D eigenvalue weighted by Crippen LogP contribution is -2.42. The van der Waals surface area contributed by atoms with Crippen molar-refractivity contribution in [3.63, 3.8) is 0 Å². The molecule has 0 aliphatic rings. The molecule has 0 unspecified atom stereocenters. The first-order valence-electron chi connectivity index (χ1n) is 5.60. The van der Waals surface area contributed by atoms with Gasteiger partial charge in [0.2, 0.25) is 5.91 Å². The fourth-order valence-electron chi connectivity index (χ4n) is 1.28. The van der Waals surface area contributed by atoms with Crippen LogP contribution in [0.25, 0.3) is 0 Å². The summed E-state index contributed by atoms with van der Waals surface area (Å²) in [5.74, 6) is -1.70. The van der Waals surface area contributed by atoms with Crippen LogP contribution in [0, 0.1) is 0 Å². The van der Waals surface area contributed by atoms with Crippen molar-refractivity contribution in [1.82, 2.24) is 10.9 Å². The van der Waals surface area contributed by atoms with E-state index in [-0.39, 0.29) is 21.4 Å². The molecule has 0 bridgehead atoms. The maximum absolute atomic E-state index is 11.7. The summed E-state index contributed by atoms with van der Waals surface area (Å²) in [4.78, 5) is 33.6. The Hall–Kier alpha value is -1.99. The maximum Gasteiger partial charge on any atom is 0.338 e. The Balaban J connectivity index is 2.64. The molecule has 0 atom stereocenters. The lowest BCUT2D eigenvalue weighted by molar-refractivity contribution is -0.129. The molecule has 0 aromatic heterocycles. The highest BCUT2D eigenvalue weighted by molar-refractivity contribution is 6.37. The van der Waals surface area contributed by atoms with Gasteiger partial charge in [-0.3, -0.25) is 20.4 Å². The van der Waals surface area contributed by atoms with Crippen LogP contribution < -0.4 is 15.6 Å². The van der Waals surface area contributed by atoms with Crippen molar-refractivity contribution < 1.29 is 23.9 Å². The van der Waals surface area contributed by atoms with Gasteiger partial charge in [0, 0.05) is 6.92 Å². The quantitative estimate of drug-likeness (QED) is 0.639. The highest BCUT2D eigenvalue weighted by atomic mass is 35.5. The van der Waals surface area contributed by atoms with Gasteiger partial charge in [0.15, 0.2) is 12.4 Å². The Morgan fingerprint density at radius 1 is 1.14 bits per heavy atom. The molecule has 0 aliphatic heterocycles. The molecule has 2 amide bonds. The van der Waals surface area contributed by atoms with Gasteiger partial charge in [0.1, 0.15) is 0 Å². The monoisotopic (exact) mass is 334 g/mol. The maximum atomic E-state index is 11.7. The Bertz CT molecular complexity index is 554. The van der Waals surface area contributed by atoms with Crippen molar-refractivity contribution in [2.45, 2.75) is 6.92 Å². The number of hydrazine groups is 1. The molecular formula is C12H12Cl2N2O5. The molecule has 2 N–H and O–H groups in total. The van der Waals surface area contributed by atoms with Crippen molar-refractivity contribution in [2.24, 2.45) is 0 Å². The van der Waals surface area contributed by atoms with E-state index < -0.39 is 24.4 Å². The molecule has 1 aromatic carbocycles. The van der Waals surface area contributed by atoms with Gasteiger partial charge in [0.25, 0.3) is 5.91 Å². The normalized spacial score (nSPS) is 9.71. The molecule has 0 fully saturated rings. The molecule has 0 saturated carbocycles. The fourth-order valence-corrected chi connectivity index (χ4v) is 1.92.